The molecule has 0 radical (unpaired) electrons. The Morgan fingerprint density at radius 1 is 1.10 bits per heavy atom. The topological polar surface area (TPSA) is 78.1 Å². The molecule has 0 unspecified atom stereocenters. The summed E-state index contributed by atoms with van der Waals surface area (Å²) in [6, 6.07) is 4.73. The van der Waals surface area contributed by atoms with Gasteiger partial charge in [-0.15, -0.1) is 0 Å². The van der Waals surface area contributed by atoms with Crippen molar-refractivity contribution in [2.24, 2.45) is 0 Å². The molecule has 7 heteroatoms. The number of urea groups is 1. The zero-order valence-electron chi connectivity index (χ0n) is 12.1. The molecular weight excluding hydrogens is 264 g/mol. The molecule has 0 saturated carbocycles. The average Bonchev–Trinajstić information content (AvgIpc) is 2.48. The van der Waals surface area contributed by atoms with Gasteiger partial charge in [-0.1, -0.05) is 0 Å². The second-order valence-electron chi connectivity index (χ2n) is 3.81. The lowest BCUT2D eigenvalue weighted by Crippen LogP contribution is -2.36. The summed E-state index contributed by atoms with van der Waals surface area (Å²) >= 11 is 0. The number of carbonyl (C=O) groups excluding carboxylic acids is 1. The number of methoxy groups -OCH3 is 4. The minimum atomic E-state index is -0.480. The van der Waals surface area contributed by atoms with Gasteiger partial charge in [0.1, 0.15) is 0 Å². The Morgan fingerprint density at radius 3 is 2.30 bits per heavy atom. The summed E-state index contributed by atoms with van der Waals surface area (Å²) in [5.74, 6) is 1.13. The quantitative estimate of drug-likeness (QED) is 0.741. The van der Waals surface area contributed by atoms with Crippen molar-refractivity contribution in [3.63, 3.8) is 0 Å². The van der Waals surface area contributed by atoms with E-state index in [4.69, 9.17) is 18.9 Å². The molecule has 0 aliphatic carbocycles. The van der Waals surface area contributed by atoms with E-state index in [1.54, 1.807) is 25.3 Å². The molecule has 2 amide bonds. The second kappa shape index (κ2) is 8.23. The lowest BCUT2D eigenvalue weighted by atomic mass is 10.3. The zero-order chi connectivity index (χ0) is 15.0. The summed E-state index contributed by atoms with van der Waals surface area (Å²) in [5, 5.41) is 5.30. The van der Waals surface area contributed by atoms with Gasteiger partial charge in [-0.05, 0) is 12.1 Å². The monoisotopic (exact) mass is 284 g/mol. The van der Waals surface area contributed by atoms with E-state index in [0.29, 0.717) is 17.2 Å². The number of hydrogen-bond donors (Lipinski definition) is 2. The van der Waals surface area contributed by atoms with Crippen LogP contribution in [0.3, 0.4) is 0 Å². The Bertz CT molecular complexity index is 435. The lowest BCUT2D eigenvalue weighted by Gasteiger charge is -2.15. The van der Waals surface area contributed by atoms with Gasteiger partial charge in [-0.2, -0.15) is 0 Å². The van der Waals surface area contributed by atoms with Crippen LogP contribution >= 0.6 is 0 Å². The number of anilines is 1. The normalized spacial score (nSPS) is 10.2. The highest BCUT2D eigenvalue weighted by atomic mass is 16.7. The second-order valence-corrected chi connectivity index (χ2v) is 3.81. The van der Waals surface area contributed by atoms with Gasteiger partial charge in [0, 0.05) is 26.0 Å². The number of benzene rings is 1. The molecule has 0 atom stereocenters. The Hall–Kier alpha value is -1.99. The number of carbonyl (C=O) groups is 1. The summed E-state index contributed by atoms with van der Waals surface area (Å²) in [4.78, 5) is 11.7. The van der Waals surface area contributed by atoms with E-state index in [-0.39, 0.29) is 12.6 Å². The van der Waals surface area contributed by atoms with Crippen LogP contribution in [0.1, 0.15) is 0 Å². The van der Waals surface area contributed by atoms with Gasteiger partial charge in [0.05, 0.1) is 20.8 Å². The summed E-state index contributed by atoms with van der Waals surface area (Å²) in [5.41, 5.74) is 0.589. The van der Waals surface area contributed by atoms with Gasteiger partial charge < -0.3 is 29.6 Å². The van der Waals surface area contributed by atoms with Crippen LogP contribution in [0.15, 0.2) is 18.2 Å². The highest BCUT2D eigenvalue weighted by Crippen LogP contribution is 2.29. The van der Waals surface area contributed by atoms with Crippen molar-refractivity contribution in [1.29, 1.82) is 0 Å². The van der Waals surface area contributed by atoms with Crippen LogP contribution in [0.5, 0.6) is 11.5 Å². The van der Waals surface area contributed by atoms with Crippen LogP contribution < -0.4 is 20.1 Å². The maximum absolute atomic E-state index is 11.7. The maximum Gasteiger partial charge on any atom is 0.319 e. The van der Waals surface area contributed by atoms with Crippen LogP contribution in [0, 0.1) is 0 Å². The van der Waals surface area contributed by atoms with Gasteiger partial charge in [0.25, 0.3) is 0 Å². The Labute approximate surface area is 118 Å². The Balaban J connectivity index is 2.57. The van der Waals surface area contributed by atoms with Crippen molar-refractivity contribution < 1.29 is 23.7 Å². The standard InChI is InChI=1S/C13H20N2O5/c1-17-10-6-5-9(7-11(10)18-2)15-13(16)14-8-12(19-3)20-4/h5-7,12H,8H2,1-4H3,(H2,14,15,16). The van der Waals surface area contributed by atoms with Crippen molar-refractivity contribution >= 4 is 11.7 Å². The highest BCUT2D eigenvalue weighted by Gasteiger charge is 2.09. The molecule has 0 spiro atoms. The lowest BCUT2D eigenvalue weighted by molar-refractivity contribution is -0.0970. The van der Waals surface area contributed by atoms with Crippen LogP contribution in [-0.4, -0.2) is 47.3 Å². The third kappa shape index (κ3) is 4.60. The minimum absolute atomic E-state index is 0.242. The van der Waals surface area contributed by atoms with Gasteiger partial charge in [-0.3, -0.25) is 0 Å². The molecule has 0 aliphatic rings. The Morgan fingerprint density at radius 2 is 1.75 bits per heavy atom. The first kappa shape index (κ1) is 16.1. The molecule has 0 fully saturated rings. The first-order valence-corrected chi connectivity index (χ1v) is 5.97. The fourth-order valence-corrected chi connectivity index (χ4v) is 1.53. The molecule has 112 valence electrons. The smallest absolute Gasteiger partial charge is 0.319 e. The van der Waals surface area contributed by atoms with Gasteiger partial charge in [-0.25, -0.2) is 4.79 Å². The molecule has 0 saturated heterocycles. The van der Waals surface area contributed by atoms with Crippen molar-refractivity contribution in [3.05, 3.63) is 18.2 Å². The molecule has 1 rings (SSSR count). The van der Waals surface area contributed by atoms with Crippen molar-refractivity contribution in [3.8, 4) is 11.5 Å². The fraction of sp³-hybridized carbons (Fsp3) is 0.462. The maximum atomic E-state index is 11.7. The third-order valence-corrected chi connectivity index (χ3v) is 2.60. The molecule has 0 aliphatic heterocycles. The van der Waals surface area contributed by atoms with E-state index in [0.717, 1.165) is 0 Å². The summed E-state index contributed by atoms with van der Waals surface area (Å²) in [6.07, 6.45) is -0.480. The summed E-state index contributed by atoms with van der Waals surface area (Å²) in [7, 11) is 6.08. The van der Waals surface area contributed by atoms with E-state index in [1.807, 2.05) is 0 Å². The number of hydrogen-bond acceptors (Lipinski definition) is 5. The van der Waals surface area contributed by atoms with Gasteiger partial charge >= 0.3 is 6.03 Å². The molecule has 20 heavy (non-hydrogen) atoms. The van der Waals surface area contributed by atoms with E-state index in [1.165, 1.54) is 21.3 Å². The third-order valence-electron chi connectivity index (χ3n) is 2.60. The molecule has 0 aromatic heterocycles. The SMILES string of the molecule is COc1ccc(NC(=O)NCC(OC)OC)cc1OC. The number of ether oxygens (including phenoxy) is 4. The fourth-order valence-electron chi connectivity index (χ4n) is 1.53. The zero-order valence-corrected chi connectivity index (χ0v) is 12.1. The molecule has 0 bridgehead atoms. The van der Waals surface area contributed by atoms with E-state index >= 15 is 0 Å². The number of nitrogens with one attached hydrogen (secondary N) is 2. The van der Waals surface area contributed by atoms with E-state index in [2.05, 4.69) is 10.6 Å². The van der Waals surface area contributed by atoms with Gasteiger partial charge in [0.2, 0.25) is 0 Å². The summed E-state index contributed by atoms with van der Waals surface area (Å²) < 4.78 is 20.2. The van der Waals surface area contributed by atoms with Crippen LogP contribution in [0.4, 0.5) is 10.5 Å². The van der Waals surface area contributed by atoms with Crippen LogP contribution in [0.25, 0.3) is 0 Å². The van der Waals surface area contributed by atoms with Crippen LogP contribution in [0.2, 0.25) is 0 Å². The number of amides is 2. The molecular formula is C13H20N2O5. The van der Waals surface area contributed by atoms with Crippen molar-refractivity contribution in [2.75, 3.05) is 40.3 Å². The predicted octanol–water partition coefficient (Wildman–Crippen LogP) is 1.44. The Kier molecular flexibility index (Phi) is 6.61. The molecule has 1 aromatic rings. The first-order chi connectivity index (χ1) is 9.64. The number of rotatable bonds is 7. The first-order valence-electron chi connectivity index (χ1n) is 5.97. The van der Waals surface area contributed by atoms with E-state index in [9.17, 15) is 4.79 Å². The van der Waals surface area contributed by atoms with Crippen LogP contribution in [-0.2, 0) is 9.47 Å². The molecule has 2 N–H and O–H groups in total. The average molecular weight is 284 g/mol. The summed E-state index contributed by atoms with van der Waals surface area (Å²) in [6.45, 7) is 0.242. The van der Waals surface area contributed by atoms with E-state index < -0.39 is 6.29 Å². The minimum Gasteiger partial charge on any atom is -0.493 e. The van der Waals surface area contributed by atoms with Crippen molar-refractivity contribution in [1.82, 2.24) is 5.32 Å². The molecule has 7 nitrogen and oxygen atoms in total. The molecule has 0 heterocycles. The highest BCUT2D eigenvalue weighted by molar-refractivity contribution is 5.89. The molecule has 1 aromatic carbocycles. The predicted molar refractivity (Wildman–Crippen MR) is 74.4 cm³/mol. The largest absolute Gasteiger partial charge is 0.493 e. The van der Waals surface area contributed by atoms with Crippen molar-refractivity contribution in [2.45, 2.75) is 6.29 Å². The van der Waals surface area contributed by atoms with Gasteiger partial charge in [0.15, 0.2) is 17.8 Å².